The van der Waals surface area contributed by atoms with Gasteiger partial charge in [0.1, 0.15) is 0 Å². The molecule has 3 amide bonds. The van der Waals surface area contributed by atoms with Crippen LogP contribution in [-0.2, 0) is 9.59 Å². The summed E-state index contributed by atoms with van der Waals surface area (Å²) >= 11 is 0. The molecule has 0 radical (unpaired) electrons. The van der Waals surface area contributed by atoms with E-state index in [0.29, 0.717) is 45.4 Å². The number of likely N-dealkylation sites (tertiary alicyclic amines) is 2. The highest BCUT2D eigenvalue weighted by Gasteiger charge is 2.34. The molecule has 0 spiro atoms. The largest absolute Gasteiger partial charge is 0.481 e. The summed E-state index contributed by atoms with van der Waals surface area (Å²) in [7, 11) is 3.44. The lowest BCUT2D eigenvalue weighted by molar-refractivity contribution is -0.147. The van der Waals surface area contributed by atoms with Crippen LogP contribution in [0.4, 0.5) is 4.79 Å². The van der Waals surface area contributed by atoms with Crippen LogP contribution in [0, 0.1) is 11.8 Å². The van der Waals surface area contributed by atoms with Gasteiger partial charge in [0.05, 0.1) is 5.92 Å². The molecule has 124 valence electrons. The number of hydrogen-bond donors (Lipinski definition) is 1. The zero-order valence-electron chi connectivity index (χ0n) is 13.3. The number of hydrogen-bond acceptors (Lipinski definition) is 3. The Kier molecular flexibility index (Phi) is 5.26. The van der Waals surface area contributed by atoms with Crippen molar-refractivity contribution >= 4 is 17.9 Å². The van der Waals surface area contributed by atoms with Crippen molar-refractivity contribution in [2.24, 2.45) is 11.8 Å². The standard InChI is InChI=1S/C15H25N3O4/c1-16(2)15(22)17-8-5-11(6-9-17)13(19)18-7-3-4-12(10-18)14(20)21/h11-12H,3-10H2,1-2H3,(H,20,21)/t12-/m0/s1. The van der Waals surface area contributed by atoms with E-state index in [1.807, 2.05) is 0 Å². The maximum Gasteiger partial charge on any atom is 0.319 e. The van der Waals surface area contributed by atoms with Crippen LogP contribution in [-0.4, -0.2) is 78.0 Å². The summed E-state index contributed by atoms with van der Waals surface area (Å²) in [5, 5.41) is 9.11. The molecule has 7 heteroatoms. The highest BCUT2D eigenvalue weighted by molar-refractivity contribution is 5.81. The van der Waals surface area contributed by atoms with Crippen LogP contribution < -0.4 is 0 Å². The molecule has 7 nitrogen and oxygen atoms in total. The van der Waals surface area contributed by atoms with Gasteiger partial charge in [-0.25, -0.2) is 4.79 Å². The normalized spacial score (nSPS) is 23.3. The number of urea groups is 1. The molecule has 0 bridgehead atoms. The average molecular weight is 311 g/mol. The van der Waals surface area contributed by atoms with Crippen molar-refractivity contribution in [3.05, 3.63) is 0 Å². The molecule has 2 heterocycles. The smallest absolute Gasteiger partial charge is 0.319 e. The van der Waals surface area contributed by atoms with Crippen molar-refractivity contribution in [2.75, 3.05) is 40.3 Å². The number of aliphatic carboxylic acids is 1. The molecule has 2 rings (SSSR count). The van der Waals surface area contributed by atoms with Gasteiger partial charge in [-0.3, -0.25) is 9.59 Å². The van der Waals surface area contributed by atoms with Gasteiger partial charge < -0.3 is 19.8 Å². The third-order valence-electron chi connectivity index (χ3n) is 4.58. The van der Waals surface area contributed by atoms with E-state index in [4.69, 9.17) is 5.11 Å². The maximum atomic E-state index is 12.6. The molecular weight excluding hydrogens is 286 g/mol. The number of piperidine rings is 2. The quantitative estimate of drug-likeness (QED) is 0.814. The van der Waals surface area contributed by atoms with Crippen LogP contribution in [0.1, 0.15) is 25.7 Å². The minimum atomic E-state index is -0.816. The highest BCUT2D eigenvalue weighted by Crippen LogP contribution is 2.24. The summed E-state index contributed by atoms with van der Waals surface area (Å²) < 4.78 is 0. The van der Waals surface area contributed by atoms with Crippen LogP contribution >= 0.6 is 0 Å². The first-order valence-corrected chi connectivity index (χ1v) is 7.88. The number of nitrogens with zero attached hydrogens (tertiary/aromatic N) is 3. The Morgan fingerprint density at radius 1 is 0.955 bits per heavy atom. The fourth-order valence-corrected chi connectivity index (χ4v) is 3.24. The van der Waals surface area contributed by atoms with E-state index in [1.54, 1.807) is 28.8 Å². The minimum absolute atomic E-state index is 0.0187. The lowest BCUT2D eigenvalue weighted by atomic mass is 9.92. The molecule has 0 aliphatic carbocycles. The number of carboxylic acids is 1. The fourth-order valence-electron chi connectivity index (χ4n) is 3.24. The summed E-state index contributed by atoms with van der Waals surface area (Å²) in [5.41, 5.74) is 0. The molecule has 1 N–H and O–H groups in total. The first kappa shape index (κ1) is 16.6. The van der Waals surface area contributed by atoms with Gasteiger partial charge in [0.2, 0.25) is 5.91 Å². The Bertz CT molecular complexity index is 444. The molecule has 0 aromatic rings. The molecule has 0 unspecified atom stereocenters. The second-order valence-electron chi connectivity index (χ2n) is 6.40. The van der Waals surface area contributed by atoms with Crippen molar-refractivity contribution in [1.29, 1.82) is 0 Å². The molecule has 2 fully saturated rings. The molecule has 1 atom stereocenters. The molecule has 0 saturated carbocycles. The van der Waals surface area contributed by atoms with Crippen LogP contribution in [0.15, 0.2) is 0 Å². The Morgan fingerprint density at radius 2 is 1.59 bits per heavy atom. The third-order valence-corrected chi connectivity index (χ3v) is 4.58. The van der Waals surface area contributed by atoms with Gasteiger partial charge in [-0.2, -0.15) is 0 Å². The van der Waals surface area contributed by atoms with Crippen LogP contribution in [0.25, 0.3) is 0 Å². The number of carboxylic acid groups (broad SMARTS) is 1. The zero-order valence-corrected chi connectivity index (χ0v) is 13.3. The topological polar surface area (TPSA) is 81.2 Å². The van der Waals surface area contributed by atoms with E-state index in [1.165, 1.54) is 0 Å². The maximum absolute atomic E-state index is 12.6. The Hall–Kier alpha value is -1.79. The van der Waals surface area contributed by atoms with Gasteiger partial charge in [0.25, 0.3) is 0 Å². The molecule has 0 aromatic heterocycles. The van der Waals surface area contributed by atoms with Crippen molar-refractivity contribution in [2.45, 2.75) is 25.7 Å². The van der Waals surface area contributed by atoms with Gasteiger partial charge in [0, 0.05) is 46.2 Å². The van der Waals surface area contributed by atoms with Crippen molar-refractivity contribution in [3.8, 4) is 0 Å². The van der Waals surface area contributed by atoms with Crippen LogP contribution in [0.5, 0.6) is 0 Å². The average Bonchev–Trinajstić information content (AvgIpc) is 2.53. The summed E-state index contributed by atoms with van der Waals surface area (Å²) in [5.74, 6) is -1.28. The van der Waals surface area contributed by atoms with E-state index in [0.717, 1.165) is 6.42 Å². The summed E-state index contributed by atoms with van der Waals surface area (Å²) in [6.45, 7) is 2.15. The lowest BCUT2D eigenvalue weighted by Crippen LogP contribution is -2.49. The van der Waals surface area contributed by atoms with E-state index >= 15 is 0 Å². The molecule has 0 aromatic carbocycles. The first-order valence-electron chi connectivity index (χ1n) is 7.88. The molecule has 22 heavy (non-hydrogen) atoms. The van der Waals surface area contributed by atoms with Gasteiger partial charge >= 0.3 is 12.0 Å². The third kappa shape index (κ3) is 3.69. The lowest BCUT2D eigenvalue weighted by Gasteiger charge is -2.37. The first-order chi connectivity index (χ1) is 10.4. The SMILES string of the molecule is CN(C)C(=O)N1CCC(C(=O)N2CCC[C@H](C(=O)O)C2)CC1. The second kappa shape index (κ2) is 6.98. The molecule has 2 saturated heterocycles. The Labute approximate surface area is 130 Å². The predicted molar refractivity (Wildman–Crippen MR) is 80.3 cm³/mol. The van der Waals surface area contributed by atoms with Gasteiger partial charge in [-0.15, -0.1) is 0 Å². The fraction of sp³-hybridized carbons (Fsp3) is 0.800. The van der Waals surface area contributed by atoms with Gasteiger partial charge in [-0.1, -0.05) is 0 Å². The van der Waals surface area contributed by atoms with E-state index < -0.39 is 11.9 Å². The Balaban J connectivity index is 1.87. The zero-order chi connectivity index (χ0) is 16.3. The van der Waals surface area contributed by atoms with Crippen molar-refractivity contribution in [3.63, 3.8) is 0 Å². The summed E-state index contributed by atoms with van der Waals surface area (Å²) in [6, 6.07) is -0.0187. The van der Waals surface area contributed by atoms with E-state index in [9.17, 15) is 14.4 Å². The number of amides is 3. The highest BCUT2D eigenvalue weighted by atomic mass is 16.4. The number of rotatable bonds is 2. The number of carbonyl (C=O) groups excluding carboxylic acids is 2. The number of carbonyl (C=O) groups is 3. The van der Waals surface area contributed by atoms with Crippen molar-refractivity contribution in [1.82, 2.24) is 14.7 Å². The molecular formula is C15H25N3O4. The van der Waals surface area contributed by atoms with Crippen LogP contribution in [0.3, 0.4) is 0 Å². The summed E-state index contributed by atoms with van der Waals surface area (Å²) in [4.78, 5) is 40.5. The Morgan fingerprint density at radius 3 is 2.14 bits per heavy atom. The second-order valence-corrected chi connectivity index (χ2v) is 6.40. The van der Waals surface area contributed by atoms with Crippen molar-refractivity contribution < 1.29 is 19.5 Å². The van der Waals surface area contributed by atoms with E-state index in [-0.39, 0.29) is 17.9 Å². The predicted octanol–water partition coefficient (Wildman–Crippen LogP) is 0.703. The summed E-state index contributed by atoms with van der Waals surface area (Å²) in [6.07, 6.45) is 2.72. The van der Waals surface area contributed by atoms with E-state index in [2.05, 4.69) is 0 Å². The monoisotopic (exact) mass is 311 g/mol. The van der Waals surface area contributed by atoms with Crippen LogP contribution in [0.2, 0.25) is 0 Å². The van der Waals surface area contributed by atoms with Gasteiger partial charge in [0.15, 0.2) is 0 Å². The molecule has 2 aliphatic heterocycles. The molecule has 2 aliphatic rings. The van der Waals surface area contributed by atoms with Gasteiger partial charge in [-0.05, 0) is 25.7 Å². The minimum Gasteiger partial charge on any atom is -0.481 e.